The van der Waals surface area contributed by atoms with E-state index in [2.05, 4.69) is 19.5 Å². The molecule has 11 heteroatoms. The highest BCUT2D eigenvalue weighted by Gasteiger charge is 2.26. The Morgan fingerprint density at radius 1 is 0.906 bits per heavy atom. The molecule has 0 aliphatic rings. The van der Waals surface area contributed by atoms with Gasteiger partial charge >= 0.3 is 11.9 Å². The summed E-state index contributed by atoms with van der Waals surface area (Å²) in [4.78, 5) is 36.3. The number of carbonyl (C=O) groups is 3. The van der Waals surface area contributed by atoms with Crippen LogP contribution < -0.4 is 14.8 Å². The number of nitrogens with one attached hydrogen (secondary N) is 2. The number of rotatable bonds is 8. The fourth-order valence-corrected chi connectivity index (χ4v) is 4.22. The Bertz CT molecular complexity index is 1110. The van der Waals surface area contributed by atoms with Crippen LogP contribution in [-0.2, 0) is 24.3 Å². The van der Waals surface area contributed by atoms with E-state index in [4.69, 9.17) is 4.74 Å². The number of hydrogen-bond donors (Lipinski definition) is 2. The van der Waals surface area contributed by atoms with E-state index in [9.17, 15) is 22.8 Å². The summed E-state index contributed by atoms with van der Waals surface area (Å²) in [6.45, 7) is 3.07. The molecule has 0 aliphatic carbocycles. The SMILES string of the molecule is COC(=O)c1cc(NC(=O)[C@@H](C)NS(=O)(=O)c2cc(C)ccc2OC)cc(C(=O)OC)c1. The van der Waals surface area contributed by atoms with Gasteiger partial charge in [0.15, 0.2) is 0 Å². The second kappa shape index (κ2) is 10.2. The molecule has 1 amide bonds. The van der Waals surface area contributed by atoms with Crippen molar-refractivity contribution in [2.45, 2.75) is 24.8 Å². The number of hydrogen-bond acceptors (Lipinski definition) is 8. The fraction of sp³-hybridized carbons (Fsp3) is 0.286. The van der Waals surface area contributed by atoms with Crippen molar-refractivity contribution in [3.63, 3.8) is 0 Å². The Morgan fingerprint density at radius 2 is 1.47 bits per heavy atom. The second-order valence-corrected chi connectivity index (χ2v) is 8.45. The summed E-state index contributed by atoms with van der Waals surface area (Å²) in [6.07, 6.45) is 0. The lowest BCUT2D eigenvalue weighted by molar-refractivity contribution is -0.117. The molecule has 0 radical (unpaired) electrons. The van der Waals surface area contributed by atoms with Crippen molar-refractivity contribution in [1.82, 2.24) is 4.72 Å². The number of esters is 2. The topological polar surface area (TPSA) is 137 Å². The van der Waals surface area contributed by atoms with Crippen LogP contribution in [0.25, 0.3) is 0 Å². The van der Waals surface area contributed by atoms with Crippen molar-refractivity contribution in [1.29, 1.82) is 0 Å². The molecule has 2 aromatic rings. The van der Waals surface area contributed by atoms with Crippen molar-refractivity contribution in [2.75, 3.05) is 26.6 Å². The summed E-state index contributed by atoms with van der Waals surface area (Å²) < 4.78 is 42.3. The molecule has 0 aliphatic heterocycles. The first-order valence-corrected chi connectivity index (χ1v) is 10.8. The van der Waals surface area contributed by atoms with Gasteiger partial charge in [-0.3, -0.25) is 4.79 Å². The highest BCUT2D eigenvalue weighted by Crippen LogP contribution is 2.25. The molecule has 2 aromatic carbocycles. The first-order chi connectivity index (χ1) is 15.0. The lowest BCUT2D eigenvalue weighted by Gasteiger charge is -2.17. The Morgan fingerprint density at radius 3 is 1.97 bits per heavy atom. The minimum Gasteiger partial charge on any atom is -0.495 e. The molecule has 1 atom stereocenters. The molecule has 2 rings (SSSR count). The van der Waals surface area contributed by atoms with Crippen LogP contribution in [-0.4, -0.2) is 53.6 Å². The lowest BCUT2D eigenvalue weighted by atomic mass is 10.1. The summed E-state index contributed by atoms with van der Waals surface area (Å²) in [5.74, 6) is -2.06. The maximum absolute atomic E-state index is 12.8. The first kappa shape index (κ1) is 24.8. The molecule has 0 heterocycles. The monoisotopic (exact) mass is 464 g/mol. The standard InChI is InChI=1S/C21H24N2O8S/c1-12-6-7-17(29-3)18(8-12)32(27,28)23-13(2)19(24)22-16-10-14(20(25)30-4)9-15(11-16)21(26)31-5/h6-11,13,23H,1-5H3,(H,22,24)/t13-/m1/s1. The Kier molecular flexibility index (Phi) is 7.95. The fourth-order valence-electron chi connectivity index (χ4n) is 2.77. The first-order valence-electron chi connectivity index (χ1n) is 9.32. The molecule has 0 bridgehead atoms. The number of carbonyl (C=O) groups excluding carboxylic acids is 3. The molecule has 32 heavy (non-hydrogen) atoms. The number of amides is 1. The number of aryl methyl sites for hydroxylation is 1. The van der Waals surface area contributed by atoms with Crippen LogP contribution in [0.2, 0.25) is 0 Å². The van der Waals surface area contributed by atoms with Gasteiger partial charge in [-0.2, -0.15) is 4.72 Å². The maximum atomic E-state index is 12.8. The van der Waals surface area contributed by atoms with Gasteiger partial charge in [0, 0.05) is 5.69 Å². The molecule has 0 saturated carbocycles. The average Bonchev–Trinajstić information content (AvgIpc) is 2.77. The smallest absolute Gasteiger partial charge is 0.337 e. The van der Waals surface area contributed by atoms with Gasteiger partial charge in [-0.15, -0.1) is 0 Å². The van der Waals surface area contributed by atoms with Crippen LogP contribution in [0.1, 0.15) is 33.2 Å². The minimum absolute atomic E-state index is 0.00318. The quantitative estimate of drug-likeness (QED) is 0.565. The molecule has 10 nitrogen and oxygen atoms in total. The molecule has 0 fully saturated rings. The van der Waals surface area contributed by atoms with E-state index in [1.807, 2.05) is 0 Å². The third-order valence-electron chi connectivity index (χ3n) is 4.38. The van der Waals surface area contributed by atoms with E-state index >= 15 is 0 Å². The third kappa shape index (κ3) is 5.83. The van der Waals surface area contributed by atoms with E-state index in [1.165, 1.54) is 58.6 Å². The summed E-state index contributed by atoms with van der Waals surface area (Å²) in [6, 6.07) is 7.27. The Labute approximate surface area is 185 Å². The molecule has 0 unspecified atom stereocenters. The largest absolute Gasteiger partial charge is 0.495 e. The van der Waals surface area contributed by atoms with Gasteiger partial charge in [-0.25, -0.2) is 18.0 Å². The zero-order valence-corrected chi connectivity index (χ0v) is 19.0. The molecule has 2 N–H and O–H groups in total. The van der Waals surface area contributed by atoms with E-state index in [-0.39, 0.29) is 27.5 Å². The van der Waals surface area contributed by atoms with E-state index in [0.29, 0.717) is 5.56 Å². The van der Waals surface area contributed by atoms with Crippen molar-refractivity contribution in [3.05, 3.63) is 53.1 Å². The number of ether oxygens (including phenoxy) is 3. The second-order valence-electron chi connectivity index (χ2n) is 6.77. The third-order valence-corrected chi connectivity index (χ3v) is 5.94. The normalized spacial score (nSPS) is 11.9. The highest BCUT2D eigenvalue weighted by atomic mass is 32.2. The number of sulfonamides is 1. The van der Waals surface area contributed by atoms with Crippen LogP contribution in [0.3, 0.4) is 0 Å². The van der Waals surface area contributed by atoms with Crippen LogP contribution in [0, 0.1) is 6.92 Å². The van der Waals surface area contributed by atoms with E-state index < -0.39 is 33.9 Å². The van der Waals surface area contributed by atoms with Crippen LogP contribution in [0.5, 0.6) is 5.75 Å². The van der Waals surface area contributed by atoms with Crippen molar-refractivity contribution < 1.29 is 37.0 Å². The zero-order chi connectivity index (χ0) is 24.1. The molecular weight excluding hydrogens is 440 g/mol. The molecular formula is C21H24N2O8S. The Balaban J connectivity index is 2.28. The summed E-state index contributed by atoms with van der Waals surface area (Å²) in [7, 11) is -0.420. The highest BCUT2D eigenvalue weighted by molar-refractivity contribution is 7.89. The molecule has 172 valence electrons. The predicted molar refractivity (Wildman–Crippen MR) is 115 cm³/mol. The van der Waals surface area contributed by atoms with Crippen molar-refractivity contribution >= 4 is 33.6 Å². The van der Waals surface area contributed by atoms with Gasteiger partial charge in [0.1, 0.15) is 10.6 Å². The summed E-state index contributed by atoms with van der Waals surface area (Å²) in [5, 5.41) is 2.48. The van der Waals surface area contributed by atoms with Gasteiger partial charge in [-0.05, 0) is 49.7 Å². The number of benzene rings is 2. The lowest BCUT2D eigenvalue weighted by Crippen LogP contribution is -2.41. The Hall–Kier alpha value is -3.44. The predicted octanol–water partition coefficient (Wildman–Crippen LogP) is 1.88. The van der Waals surface area contributed by atoms with Crippen LogP contribution in [0.4, 0.5) is 5.69 Å². The van der Waals surface area contributed by atoms with Gasteiger partial charge in [0.2, 0.25) is 15.9 Å². The van der Waals surface area contributed by atoms with Crippen LogP contribution >= 0.6 is 0 Å². The molecule has 0 spiro atoms. The molecule has 0 saturated heterocycles. The maximum Gasteiger partial charge on any atom is 0.337 e. The number of methoxy groups -OCH3 is 3. The minimum atomic E-state index is -4.10. The van der Waals surface area contributed by atoms with Crippen molar-refractivity contribution in [3.8, 4) is 5.75 Å². The summed E-state index contributed by atoms with van der Waals surface area (Å²) in [5.41, 5.74) is 0.780. The van der Waals surface area contributed by atoms with Gasteiger partial charge in [0.25, 0.3) is 0 Å². The molecule has 0 aromatic heterocycles. The zero-order valence-electron chi connectivity index (χ0n) is 18.2. The summed E-state index contributed by atoms with van der Waals surface area (Å²) >= 11 is 0. The van der Waals surface area contributed by atoms with Crippen LogP contribution in [0.15, 0.2) is 41.3 Å². The van der Waals surface area contributed by atoms with Crippen molar-refractivity contribution in [2.24, 2.45) is 0 Å². The van der Waals surface area contributed by atoms with E-state index in [0.717, 1.165) is 0 Å². The van der Waals surface area contributed by atoms with Gasteiger partial charge < -0.3 is 19.5 Å². The van der Waals surface area contributed by atoms with Gasteiger partial charge in [-0.1, -0.05) is 6.07 Å². The van der Waals surface area contributed by atoms with E-state index in [1.54, 1.807) is 13.0 Å². The van der Waals surface area contributed by atoms with Gasteiger partial charge in [0.05, 0.1) is 38.5 Å². The average molecular weight is 464 g/mol. The number of anilines is 1.